The first-order chi connectivity index (χ1) is 13.7. The topological polar surface area (TPSA) is 59.4 Å². The van der Waals surface area contributed by atoms with Crippen molar-refractivity contribution in [2.75, 3.05) is 32.8 Å². The lowest BCUT2D eigenvalue weighted by Crippen LogP contribution is -2.46. The number of aryl methyl sites for hydroxylation is 1. The molecule has 1 fully saturated rings. The Kier molecular flexibility index (Phi) is 5.69. The van der Waals surface area contributed by atoms with Crippen molar-refractivity contribution < 1.29 is 9.53 Å². The summed E-state index contributed by atoms with van der Waals surface area (Å²) in [4.78, 5) is 19.7. The van der Waals surface area contributed by atoms with Crippen LogP contribution in [0.2, 0.25) is 0 Å². The molecule has 0 spiro atoms. The number of hydrogen-bond donors (Lipinski definition) is 1. The molecule has 1 aromatic heterocycles. The summed E-state index contributed by atoms with van der Waals surface area (Å²) < 4.78 is 7.59. The third kappa shape index (κ3) is 3.93. The third-order valence-electron chi connectivity index (χ3n) is 5.23. The summed E-state index contributed by atoms with van der Waals surface area (Å²) in [5, 5.41) is 3.48. The number of hydrogen-bond acceptors (Lipinski definition) is 4. The summed E-state index contributed by atoms with van der Waals surface area (Å²) in [5.41, 5.74) is 3.12. The summed E-state index contributed by atoms with van der Waals surface area (Å²) in [6.45, 7) is 5.96. The summed E-state index contributed by atoms with van der Waals surface area (Å²) in [6.07, 6.45) is 0. The maximum atomic E-state index is 13.2. The number of carbonyl (C=O) groups excluding carboxylic acids is 1. The fraction of sp³-hybridized carbons (Fsp3) is 0.364. The monoisotopic (exact) mass is 378 g/mol. The highest BCUT2D eigenvalue weighted by Crippen LogP contribution is 2.18. The van der Waals surface area contributed by atoms with Crippen LogP contribution in [0.3, 0.4) is 0 Å². The van der Waals surface area contributed by atoms with Crippen LogP contribution in [0.4, 0.5) is 0 Å². The van der Waals surface area contributed by atoms with Crippen LogP contribution >= 0.6 is 0 Å². The van der Waals surface area contributed by atoms with E-state index >= 15 is 0 Å². The van der Waals surface area contributed by atoms with Crippen molar-refractivity contribution in [3.05, 3.63) is 66.0 Å². The lowest BCUT2D eigenvalue weighted by molar-refractivity contribution is -0.137. The number of imidazole rings is 1. The molecule has 2 aromatic carbocycles. The van der Waals surface area contributed by atoms with Crippen LogP contribution in [0.15, 0.2) is 54.6 Å². The number of nitrogens with zero attached hydrogens (tertiary/aromatic N) is 3. The largest absolute Gasteiger partial charge is 0.378 e. The van der Waals surface area contributed by atoms with Crippen molar-refractivity contribution in [2.45, 2.75) is 19.5 Å². The molecule has 1 saturated heterocycles. The molecule has 0 unspecified atom stereocenters. The maximum absolute atomic E-state index is 13.2. The minimum atomic E-state index is -0.352. The van der Waals surface area contributed by atoms with Crippen LogP contribution in [0.5, 0.6) is 0 Å². The lowest BCUT2D eigenvalue weighted by atomic mass is 10.1. The van der Waals surface area contributed by atoms with E-state index in [2.05, 4.69) is 20.9 Å². The Labute approximate surface area is 165 Å². The molecule has 0 bridgehead atoms. The van der Waals surface area contributed by atoms with E-state index in [-0.39, 0.29) is 11.9 Å². The third-order valence-corrected chi connectivity index (χ3v) is 5.23. The number of rotatable bonds is 6. The van der Waals surface area contributed by atoms with Crippen molar-refractivity contribution in [1.29, 1.82) is 0 Å². The summed E-state index contributed by atoms with van der Waals surface area (Å²) in [7, 11) is 0. The van der Waals surface area contributed by atoms with Crippen LogP contribution in [-0.4, -0.2) is 53.2 Å². The fourth-order valence-corrected chi connectivity index (χ4v) is 3.76. The van der Waals surface area contributed by atoms with Crippen molar-refractivity contribution >= 4 is 16.9 Å². The number of ether oxygens (including phenoxy) is 1. The van der Waals surface area contributed by atoms with Gasteiger partial charge in [-0.2, -0.15) is 0 Å². The van der Waals surface area contributed by atoms with E-state index in [1.165, 1.54) is 0 Å². The first kappa shape index (κ1) is 18.7. The molecule has 2 heterocycles. The SMILES string of the molecule is Cc1nc2ccccc2n1CCN[C@@H](C(=O)N1CCOCC1)c1ccccc1. The molecule has 1 amide bonds. The molecule has 146 valence electrons. The molecule has 0 aliphatic carbocycles. The number of nitrogens with one attached hydrogen (secondary N) is 1. The minimum Gasteiger partial charge on any atom is -0.378 e. The van der Waals surface area contributed by atoms with E-state index < -0.39 is 0 Å². The molecule has 6 nitrogen and oxygen atoms in total. The van der Waals surface area contributed by atoms with Gasteiger partial charge in [-0.15, -0.1) is 0 Å². The van der Waals surface area contributed by atoms with E-state index in [9.17, 15) is 4.79 Å². The second-order valence-corrected chi connectivity index (χ2v) is 7.03. The average molecular weight is 378 g/mol. The quantitative estimate of drug-likeness (QED) is 0.716. The number of carbonyl (C=O) groups is 1. The Morgan fingerprint density at radius 1 is 1.11 bits per heavy atom. The van der Waals surface area contributed by atoms with Gasteiger partial charge in [0.1, 0.15) is 11.9 Å². The van der Waals surface area contributed by atoms with Gasteiger partial charge < -0.3 is 19.5 Å². The zero-order valence-corrected chi connectivity index (χ0v) is 16.2. The Balaban J connectivity index is 1.49. The smallest absolute Gasteiger partial charge is 0.244 e. The molecule has 1 aliphatic rings. The van der Waals surface area contributed by atoms with E-state index in [1.807, 2.05) is 60.4 Å². The number of amides is 1. The predicted octanol–water partition coefficient (Wildman–Crippen LogP) is 2.53. The Morgan fingerprint density at radius 2 is 1.82 bits per heavy atom. The highest BCUT2D eigenvalue weighted by molar-refractivity contribution is 5.83. The molecule has 28 heavy (non-hydrogen) atoms. The first-order valence-corrected chi connectivity index (χ1v) is 9.81. The van der Waals surface area contributed by atoms with Crippen LogP contribution in [0, 0.1) is 6.92 Å². The molecule has 1 atom stereocenters. The molecular formula is C22H26N4O2. The van der Waals surface area contributed by atoms with Gasteiger partial charge in [0.15, 0.2) is 0 Å². The van der Waals surface area contributed by atoms with E-state index in [4.69, 9.17) is 4.74 Å². The fourth-order valence-electron chi connectivity index (χ4n) is 3.76. The van der Waals surface area contributed by atoms with Gasteiger partial charge in [-0.3, -0.25) is 4.79 Å². The lowest BCUT2D eigenvalue weighted by Gasteiger charge is -2.31. The summed E-state index contributed by atoms with van der Waals surface area (Å²) in [5.74, 6) is 1.10. The van der Waals surface area contributed by atoms with Gasteiger partial charge in [-0.25, -0.2) is 4.98 Å². The second-order valence-electron chi connectivity index (χ2n) is 7.03. The average Bonchev–Trinajstić information content (AvgIpc) is 3.07. The maximum Gasteiger partial charge on any atom is 0.244 e. The predicted molar refractivity (Wildman–Crippen MR) is 109 cm³/mol. The van der Waals surface area contributed by atoms with Crippen LogP contribution in [0.1, 0.15) is 17.4 Å². The van der Waals surface area contributed by atoms with E-state index in [1.54, 1.807) is 0 Å². The Hall–Kier alpha value is -2.70. The van der Waals surface area contributed by atoms with E-state index in [0.717, 1.165) is 29.0 Å². The molecule has 0 radical (unpaired) electrons. The highest BCUT2D eigenvalue weighted by Gasteiger charge is 2.26. The van der Waals surface area contributed by atoms with Gasteiger partial charge in [0.05, 0.1) is 24.2 Å². The normalized spacial score (nSPS) is 15.7. The molecule has 0 saturated carbocycles. The van der Waals surface area contributed by atoms with Crippen molar-refractivity contribution in [1.82, 2.24) is 19.8 Å². The Bertz CT molecular complexity index is 932. The zero-order chi connectivity index (χ0) is 19.3. The molecule has 3 aromatic rings. The molecular weight excluding hydrogens is 352 g/mol. The minimum absolute atomic E-state index is 0.113. The Morgan fingerprint density at radius 3 is 2.61 bits per heavy atom. The number of benzene rings is 2. The molecule has 1 N–H and O–H groups in total. The first-order valence-electron chi connectivity index (χ1n) is 9.81. The van der Waals surface area contributed by atoms with Gasteiger partial charge in [0.25, 0.3) is 0 Å². The van der Waals surface area contributed by atoms with E-state index in [0.29, 0.717) is 32.8 Å². The van der Waals surface area contributed by atoms with Crippen LogP contribution in [-0.2, 0) is 16.1 Å². The van der Waals surface area contributed by atoms with Crippen molar-refractivity contribution in [3.8, 4) is 0 Å². The number of fused-ring (bicyclic) bond motifs is 1. The van der Waals surface area contributed by atoms with Crippen LogP contribution < -0.4 is 5.32 Å². The summed E-state index contributed by atoms with van der Waals surface area (Å²) >= 11 is 0. The number of aromatic nitrogens is 2. The number of para-hydroxylation sites is 2. The van der Waals surface area contributed by atoms with Crippen LogP contribution in [0.25, 0.3) is 11.0 Å². The molecule has 6 heteroatoms. The second kappa shape index (κ2) is 8.54. The zero-order valence-electron chi connectivity index (χ0n) is 16.2. The van der Waals surface area contributed by atoms with Gasteiger partial charge >= 0.3 is 0 Å². The van der Waals surface area contributed by atoms with Gasteiger partial charge in [0.2, 0.25) is 5.91 Å². The van der Waals surface area contributed by atoms with Gasteiger partial charge in [-0.1, -0.05) is 42.5 Å². The van der Waals surface area contributed by atoms with Gasteiger partial charge in [0, 0.05) is 26.2 Å². The van der Waals surface area contributed by atoms with Gasteiger partial charge in [-0.05, 0) is 24.6 Å². The highest BCUT2D eigenvalue weighted by atomic mass is 16.5. The molecule has 1 aliphatic heterocycles. The number of morpholine rings is 1. The standard InChI is InChI=1S/C22H26N4O2/c1-17-24-19-9-5-6-10-20(19)26(17)12-11-23-21(18-7-3-2-4-8-18)22(27)25-13-15-28-16-14-25/h2-10,21,23H,11-16H2,1H3/t21-/m1/s1. The van der Waals surface area contributed by atoms with Crippen molar-refractivity contribution in [2.24, 2.45) is 0 Å². The van der Waals surface area contributed by atoms with Crippen molar-refractivity contribution in [3.63, 3.8) is 0 Å². The molecule has 4 rings (SSSR count). The summed E-state index contributed by atoms with van der Waals surface area (Å²) in [6, 6.07) is 17.7.